The van der Waals surface area contributed by atoms with Crippen LogP contribution in [0.5, 0.6) is 0 Å². The average molecular weight is 2000 g/mol. The van der Waals surface area contributed by atoms with Crippen molar-refractivity contribution >= 4 is 149 Å². The molecule has 15 rings (SSSR count). The van der Waals surface area contributed by atoms with E-state index in [9.17, 15) is 79.4 Å². The molecule has 40 nitrogen and oxygen atoms in total. The van der Waals surface area contributed by atoms with E-state index in [1.807, 2.05) is 6.92 Å². The first-order valence-electron chi connectivity index (χ1n) is 42.8. The van der Waals surface area contributed by atoms with E-state index >= 15 is 0 Å². The molecule has 0 spiro atoms. The number of fused-ring (bicyclic) bond motifs is 5. The Morgan fingerprint density at radius 3 is 0.877 bits per heavy atom. The smallest absolute Gasteiger partial charge is 0.293 e. The van der Waals surface area contributed by atoms with Gasteiger partial charge < -0.3 is 99.7 Å². The first-order valence-corrected chi connectivity index (χ1v) is 59.3. The maximum Gasteiger partial charge on any atom is 0.293 e. The van der Waals surface area contributed by atoms with Gasteiger partial charge in [-0.3, -0.25) is 46.8 Å². The number of hydrogen-bond donors (Lipinski definition) is 15. The molecule has 20 atom stereocenters. The summed E-state index contributed by atoms with van der Waals surface area (Å²) in [4.78, 5) is 116. The summed E-state index contributed by atoms with van der Waals surface area (Å²) in [5.41, 5.74) is -0.252. The van der Waals surface area contributed by atoms with Gasteiger partial charge in [0.1, 0.15) is 102 Å². The Morgan fingerprint density at radius 2 is 0.585 bits per heavy atom. The molecule has 0 bridgehead atoms. The highest BCUT2D eigenvalue weighted by Gasteiger charge is 2.51. The molecular formula is C82H126BrClFN20O20P5. The number of nitrogens with one attached hydrogen (secondary N) is 5. The van der Waals surface area contributed by atoms with Crippen LogP contribution in [-0.4, -0.2) is 369 Å². The van der Waals surface area contributed by atoms with Crippen LogP contribution in [-0.2, 0) is 36.5 Å². The van der Waals surface area contributed by atoms with Crippen LogP contribution in [0.15, 0.2) is 28.7 Å². The second-order valence-corrected chi connectivity index (χ2v) is 60.1. The van der Waals surface area contributed by atoms with Crippen molar-refractivity contribution in [1.82, 2.24) is 97.6 Å². The highest BCUT2D eigenvalue weighted by atomic mass is 79.9. The molecule has 0 unspecified atom stereocenters. The minimum absolute atomic E-state index is 0.0272. The highest BCUT2D eigenvalue weighted by Crippen LogP contribution is 2.47. The number of aromatic nitrogens is 20. The summed E-state index contributed by atoms with van der Waals surface area (Å²) >= 11 is 9.46. The molecule has 0 aliphatic carbocycles. The van der Waals surface area contributed by atoms with Crippen LogP contribution >= 0.6 is 62.0 Å². The topological polar surface area (TPSA) is 566 Å². The number of rotatable bonds is 25. The summed E-state index contributed by atoms with van der Waals surface area (Å²) in [6, 6.07) is 0. The van der Waals surface area contributed by atoms with E-state index < -0.39 is 174 Å². The molecule has 48 heteroatoms. The van der Waals surface area contributed by atoms with E-state index in [2.05, 4.69) is 196 Å². The summed E-state index contributed by atoms with van der Waals surface area (Å²) in [5.74, 6) is 3.30. The minimum Gasteiger partial charge on any atom is -0.388 e. The number of imidazole rings is 5. The third-order valence-corrected chi connectivity index (χ3v) is 30.8. The van der Waals surface area contributed by atoms with Crippen LogP contribution < -0.4 is 27.8 Å². The van der Waals surface area contributed by atoms with Crippen molar-refractivity contribution in [3.8, 4) is 0 Å². The summed E-state index contributed by atoms with van der Waals surface area (Å²) < 4.78 is 51.5. The zero-order valence-corrected chi connectivity index (χ0v) is 83.1. The number of aliphatic hydroxyl groups is 10. The van der Waals surface area contributed by atoms with Gasteiger partial charge in [-0.25, -0.2) is 44.9 Å². The number of ether oxygens (including phenoxy) is 5. The largest absolute Gasteiger partial charge is 0.388 e. The van der Waals surface area contributed by atoms with Gasteiger partial charge in [0, 0.05) is 12.8 Å². The Balaban J connectivity index is 0.000000157. The Hall–Kier alpha value is -6.65. The van der Waals surface area contributed by atoms with Gasteiger partial charge in [-0.1, -0.05) is 20.3 Å². The third kappa shape index (κ3) is 24.0. The molecule has 5 aliphatic rings. The summed E-state index contributed by atoms with van der Waals surface area (Å²) in [5, 5.41) is 105. The second-order valence-electron chi connectivity index (χ2n) is 37.5. The fourth-order valence-electron chi connectivity index (χ4n) is 15.9. The fourth-order valence-corrected chi connectivity index (χ4v) is 21.5. The van der Waals surface area contributed by atoms with Crippen molar-refractivity contribution in [2.75, 3.05) is 97.5 Å². The number of H-pyrrole nitrogens is 5. The maximum atomic E-state index is 14.4. The second kappa shape index (κ2) is 41.5. The maximum absolute atomic E-state index is 14.4. The number of unbranched alkanes of at least 4 members (excludes halogenated alkanes) is 1. The third-order valence-electron chi connectivity index (χ3n) is 22.6. The van der Waals surface area contributed by atoms with Crippen LogP contribution in [0.3, 0.4) is 0 Å². The lowest BCUT2D eigenvalue weighted by Gasteiger charge is -2.20. The first kappa shape index (κ1) is 104. The SMILES string of the molecule is C=P(C)(C)CC[C@H]1O[C@@H](n2c(Br)nc3c(=O)[nH]c(C)nc32)[C@H](O)[C@@H]1O.C=P(C)(C)CC[C@H]1O[C@@H](n2c(CCC)nc3c(=O)[nH]c(C)nc32)[C@H](O)[C@@H]1O.C=P(C)(C)CC[C@H]1O[C@@H](n2c(CCCC)nc3c(=O)[nH]c(C)nc32)[C@H](O)[C@@H]1O.C=P(C)(C)CC[C@H]1O[C@@H](n2c(Cl)nc3c(=O)[nH]c(C)nc32)[C@H](O)[C@@H]1O.C=P(C)(C)CC[C@H]1O[C@@H](n2c(F)nc3c(=O)[nH]c(C)nc32)[C@H](O)[C@@H]1O. The molecule has 5 saturated heterocycles. The fraction of sp³-hybridized carbons (Fsp3) is 0.634. The lowest BCUT2D eigenvalue weighted by atomic mass is 10.1. The molecule has 720 valence electrons. The van der Waals surface area contributed by atoms with E-state index in [0.717, 1.165) is 54.6 Å². The van der Waals surface area contributed by atoms with Crippen LogP contribution in [0.25, 0.3) is 55.8 Å². The monoisotopic (exact) mass is 2000 g/mol. The molecule has 15 heterocycles. The van der Waals surface area contributed by atoms with Crippen LogP contribution in [0.2, 0.25) is 5.28 Å². The van der Waals surface area contributed by atoms with E-state index in [0.29, 0.717) is 102 Å². The summed E-state index contributed by atoms with van der Waals surface area (Å²) in [6.45, 7) is 27.0. The zero-order chi connectivity index (χ0) is 96.1. The van der Waals surface area contributed by atoms with Crippen molar-refractivity contribution in [3.63, 3.8) is 0 Å². The van der Waals surface area contributed by atoms with Gasteiger partial charge in [-0.2, -0.15) is 9.37 Å². The van der Waals surface area contributed by atoms with Crippen LogP contribution in [0, 0.1) is 40.7 Å². The van der Waals surface area contributed by atoms with Crippen molar-refractivity contribution in [1.29, 1.82) is 0 Å². The average Bonchev–Trinajstić information content (AvgIpc) is 1.62. The van der Waals surface area contributed by atoms with Gasteiger partial charge in [-0.05, 0) is 205 Å². The number of nitrogens with zero attached hydrogens (tertiary/aromatic N) is 15. The van der Waals surface area contributed by atoms with Crippen molar-refractivity contribution in [2.45, 2.75) is 235 Å². The van der Waals surface area contributed by atoms with E-state index in [1.54, 1.807) is 43.8 Å². The Labute approximate surface area is 763 Å². The molecule has 5 fully saturated rings. The zero-order valence-electron chi connectivity index (χ0n) is 76.3. The molecule has 0 amide bonds. The number of aryl methyl sites for hydroxylation is 7. The van der Waals surface area contributed by atoms with Crippen LogP contribution in [0.1, 0.15) is 137 Å². The lowest BCUT2D eigenvalue weighted by molar-refractivity contribution is -0.0413. The molecule has 0 radical (unpaired) electrons. The Kier molecular flexibility index (Phi) is 33.2. The molecule has 10 aromatic heterocycles. The van der Waals surface area contributed by atoms with Gasteiger partial charge in [0.2, 0.25) is 5.28 Å². The van der Waals surface area contributed by atoms with Gasteiger partial charge in [0.05, 0.1) is 30.5 Å². The predicted molar refractivity (Wildman–Crippen MR) is 516 cm³/mol. The summed E-state index contributed by atoms with van der Waals surface area (Å²) in [7, 11) is 0. The van der Waals surface area contributed by atoms with Gasteiger partial charge in [-0.15, -0.1) is 65.9 Å². The van der Waals surface area contributed by atoms with Gasteiger partial charge >= 0.3 is 0 Å². The minimum atomic E-state index is -1.36. The number of hydrogen-bond acceptors (Lipinski definition) is 30. The molecule has 5 aliphatic heterocycles. The quantitative estimate of drug-likeness (QED) is 0.0275. The van der Waals surface area contributed by atoms with Gasteiger partial charge in [0.15, 0.2) is 91.7 Å². The predicted octanol–water partition coefficient (Wildman–Crippen LogP) is 4.58. The Morgan fingerprint density at radius 1 is 0.346 bits per heavy atom. The van der Waals surface area contributed by atoms with Crippen molar-refractivity contribution in [2.24, 2.45) is 0 Å². The standard InChI is InChI=1S/C19H31N4O4P.C18H29N4O4P.C15H22BrN4O4P.C15H22ClN4O4P.C15H22FN4O4P/c1-6-7-8-13-22-14-17(20-11(2)21-18(14)26)23(13)19-16(25)15(24)12(27-19)9-10-28(3,4)5;1-6-7-12-21-13-16(19-10(2)20-17(13)25)22(12)18-15(24)14(23)11(26-18)8-9-27(3,4)5;3*1-7-17-12-9(13(23)18-7)19-15(16)20(12)14-11(22)10(21)8(24-14)5-6-25(2,3)4/h12,15-16,19,24-25H,3,6-10H2,1-2,4-5H3,(H,20,21,26);11,14-15,18,23-24H,3,6-9H2,1-2,4-5H3,(H,19,20,25);3*8,10-11,14,21-22H,2,5-6H2,1,3-4H3,(H,17,18,23)/t12-,15-,16-,19-;11-,14-,15-,18-;3*8-,10-,11-,14-/m11111/s1. The number of aromatic amines is 5. The van der Waals surface area contributed by atoms with Gasteiger partial charge in [0.25, 0.3) is 33.9 Å². The highest BCUT2D eigenvalue weighted by molar-refractivity contribution is 9.10. The number of halogens is 3. The molecule has 130 heavy (non-hydrogen) atoms. The molecule has 0 saturated carbocycles. The number of aliphatic hydroxyl groups excluding tert-OH is 10. The molecular weight excluding hydrogens is 1870 g/mol. The molecule has 15 N–H and O–H groups in total. The van der Waals surface area contributed by atoms with Crippen LogP contribution in [0.4, 0.5) is 4.39 Å². The molecule has 0 aromatic carbocycles. The summed E-state index contributed by atoms with van der Waals surface area (Å²) in [6.07, 6.45) is 12.2. The lowest BCUT2D eigenvalue weighted by Crippen LogP contribution is -2.32. The van der Waals surface area contributed by atoms with Crippen molar-refractivity contribution < 1.29 is 79.1 Å². The first-order chi connectivity index (χ1) is 60.5. The van der Waals surface area contributed by atoms with E-state index in [4.69, 9.17) is 35.3 Å². The van der Waals surface area contributed by atoms with Crippen molar-refractivity contribution in [3.05, 3.63) is 109 Å². The normalized spacial score (nSPS) is 26.7. The Bertz CT molecular complexity index is 5990. The van der Waals surface area contributed by atoms with E-state index in [-0.39, 0.29) is 66.7 Å². The molecule has 10 aromatic rings. The van der Waals surface area contributed by atoms with E-state index in [1.165, 1.54) is 9.13 Å².